The highest BCUT2D eigenvalue weighted by atomic mass is 16.3. The minimum atomic E-state index is -0.886. The predicted molar refractivity (Wildman–Crippen MR) is 63.1 cm³/mol. The highest BCUT2D eigenvalue weighted by Crippen LogP contribution is 2.32. The maximum atomic E-state index is 10.5. The standard InChI is InChI=1S/C12H26O4/c1-3-12(16,6-4-7-13)11(5-8-14)9-10(2)15/h10-11,13-16H,3-9H2,1-2H3. The van der Waals surface area contributed by atoms with Gasteiger partial charge in [0.2, 0.25) is 0 Å². The van der Waals surface area contributed by atoms with Gasteiger partial charge in [0.1, 0.15) is 0 Å². The Morgan fingerprint density at radius 2 is 1.81 bits per heavy atom. The Kier molecular flexibility index (Phi) is 7.93. The Bertz CT molecular complexity index is 172. The lowest BCUT2D eigenvalue weighted by Crippen LogP contribution is -2.39. The number of rotatable bonds is 9. The minimum Gasteiger partial charge on any atom is -0.396 e. The molecule has 0 aliphatic heterocycles. The van der Waals surface area contributed by atoms with Crippen LogP contribution in [0.1, 0.15) is 46.0 Å². The summed E-state index contributed by atoms with van der Waals surface area (Å²) in [5, 5.41) is 37.6. The van der Waals surface area contributed by atoms with Crippen LogP contribution in [0.2, 0.25) is 0 Å². The molecule has 0 aromatic rings. The molecule has 0 radical (unpaired) electrons. The third-order valence-corrected chi connectivity index (χ3v) is 3.24. The fourth-order valence-corrected chi connectivity index (χ4v) is 2.23. The topological polar surface area (TPSA) is 80.9 Å². The molecule has 0 aromatic heterocycles. The monoisotopic (exact) mass is 234 g/mol. The maximum Gasteiger partial charge on any atom is 0.0675 e. The van der Waals surface area contributed by atoms with Gasteiger partial charge < -0.3 is 20.4 Å². The van der Waals surface area contributed by atoms with E-state index in [0.29, 0.717) is 32.1 Å². The van der Waals surface area contributed by atoms with Crippen LogP contribution < -0.4 is 0 Å². The van der Waals surface area contributed by atoms with Gasteiger partial charge in [-0.05, 0) is 44.9 Å². The van der Waals surface area contributed by atoms with E-state index in [1.165, 1.54) is 0 Å². The van der Waals surface area contributed by atoms with E-state index in [2.05, 4.69) is 0 Å². The molecule has 0 aromatic carbocycles. The predicted octanol–water partition coefficient (Wildman–Crippen LogP) is 0.669. The van der Waals surface area contributed by atoms with Gasteiger partial charge in [-0.25, -0.2) is 0 Å². The van der Waals surface area contributed by atoms with Crippen molar-refractivity contribution in [1.29, 1.82) is 0 Å². The molecule has 0 spiro atoms. The summed E-state index contributed by atoms with van der Waals surface area (Å²) in [6.45, 7) is 3.65. The largest absolute Gasteiger partial charge is 0.396 e. The fraction of sp³-hybridized carbons (Fsp3) is 1.00. The second-order valence-corrected chi connectivity index (χ2v) is 4.58. The molecule has 4 heteroatoms. The van der Waals surface area contributed by atoms with Crippen molar-refractivity contribution in [2.45, 2.75) is 57.7 Å². The zero-order valence-electron chi connectivity index (χ0n) is 10.4. The average molecular weight is 234 g/mol. The lowest BCUT2D eigenvalue weighted by molar-refractivity contribution is -0.0567. The second kappa shape index (κ2) is 8.01. The summed E-state index contributed by atoms with van der Waals surface area (Å²) >= 11 is 0. The van der Waals surface area contributed by atoms with Crippen LogP contribution in [0, 0.1) is 5.92 Å². The fourth-order valence-electron chi connectivity index (χ4n) is 2.23. The summed E-state index contributed by atoms with van der Waals surface area (Å²) in [7, 11) is 0. The molecule has 0 bridgehead atoms. The van der Waals surface area contributed by atoms with E-state index in [-0.39, 0.29) is 19.1 Å². The zero-order valence-corrected chi connectivity index (χ0v) is 10.4. The molecular weight excluding hydrogens is 208 g/mol. The average Bonchev–Trinajstić information content (AvgIpc) is 2.25. The second-order valence-electron chi connectivity index (χ2n) is 4.58. The van der Waals surface area contributed by atoms with Crippen molar-refractivity contribution in [3.8, 4) is 0 Å². The summed E-state index contributed by atoms with van der Waals surface area (Å²) in [5.41, 5.74) is -0.886. The van der Waals surface area contributed by atoms with Crippen LogP contribution in [0.5, 0.6) is 0 Å². The van der Waals surface area contributed by atoms with Gasteiger partial charge >= 0.3 is 0 Å². The zero-order chi connectivity index (χ0) is 12.6. The smallest absolute Gasteiger partial charge is 0.0675 e. The van der Waals surface area contributed by atoms with Gasteiger partial charge in [0.15, 0.2) is 0 Å². The molecule has 0 saturated carbocycles. The Morgan fingerprint density at radius 3 is 2.19 bits per heavy atom. The molecule has 0 aliphatic rings. The van der Waals surface area contributed by atoms with E-state index in [9.17, 15) is 10.2 Å². The number of aliphatic hydroxyl groups is 4. The van der Waals surface area contributed by atoms with Crippen LogP contribution in [0.25, 0.3) is 0 Å². The molecule has 0 heterocycles. The molecule has 16 heavy (non-hydrogen) atoms. The van der Waals surface area contributed by atoms with E-state index in [4.69, 9.17) is 10.2 Å². The molecule has 4 N–H and O–H groups in total. The molecule has 3 unspecified atom stereocenters. The summed E-state index contributed by atoms with van der Waals surface area (Å²) in [6.07, 6.45) is 2.12. The van der Waals surface area contributed by atoms with Crippen molar-refractivity contribution in [2.75, 3.05) is 13.2 Å². The summed E-state index contributed by atoms with van der Waals surface area (Å²) < 4.78 is 0. The molecule has 0 fully saturated rings. The van der Waals surface area contributed by atoms with Crippen molar-refractivity contribution >= 4 is 0 Å². The normalized spacial score (nSPS) is 19.1. The quantitative estimate of drug-likeness (QED) is 0.473. The van der Waals surface area contributed by atoms with Crippen molar-refractivity contribution in [3.05, 3.63) is 0 Å². The van der Waals surface area contributed by atoms with E-state index in [0.717, 1.165) is 0 Å². The lowest BCUT2D eigenvalue weighted by atomic mass is 9.77. The van der Waals surface area contributed by atoms with E-state index >= 15 is 0 Å². The van der Waals surface area contributed by atoms with Crippen LogP contribution >= 0.6 is 0 Å². The van der Waals surface area contributed by atoms with Crippen molar-refractivity contribution < 1.29 is 20.4 Å². The first-order valence-corrected chi connectivity index (χ1v) is 6.12. The highest BCUT2D eigenvalue weighted by Gasteiger charge is 2.34. The number of aliphatic hydroxyl groups excluding tert-OH is 3. The number of hydrogen-bond acceptors (Lipinski definition) is 4. The van der Waals surface area contributed by atoms with Gasteiger partial charge in [-0.2, -0.15) is 0 Å². The first kappa shape index (κ1) is 15.8. The minimum absolute atomic E-state index is 0.0127. The molecule has 98 valence electrons. The van der Waals surface area contributed by atoms with Crippen molar-refractivity contribution in [3.63, 3.8) is 0 Å². The van der Waals surface area contributed by atoms with Gasteiger partial charge in [0, 0.05) is 13.2 Å². The third kappa shape index (κ3) is 5.25. The Labute approximate surface area is 97.9 Å². The van der Waals surface area contributed by atoms with Crippen LogP contribution in [0.15, 0.2) is 0 Å². The third-order valence-electron chi connectivity index (χ3n) is 3.24. The molecule has 0 aliphatic carbocycles. The van der Waals surface area contributed by atoms with Gasteiger partial charge in [-0.1, -0.05) is 6.92 Å². The maximum absolute atomic E-state index is 10.5. The van der Waals surface area contributed by atoms with Gasteiger partial charge in [-0.15, -0.1) is 0 Å². The Balaban J connectivity index is 4.52. The molecule has 3 atom stereocenters. The molecule has 4 nitrogen and oxygen atoms in total. The SMILES string of the molecule is CCC(O)(CCCO)C(CCO)CC(C)O. The van der Waals surface area contributed by atoms with Crippen LogP contribution in [0.4, 0.5) is 0 Å². The summed E-state index contributed by atoms with van der Waals surface area (Å²) in [4.78, 5) is 0. The first-order valence-electron chi connectivity index (χ1n) is 6.12. The van der Waals surface area contributed by atoms with Crippen molar-refractivity contribution in [1.82, 2.24) is 0 Å². The van der Waals surface area contributed by atoms with Crippen LogP contribution in [-0.2, 0) is 0 Å². The van der Waals surface area contributed by atoms with E-state index in [1.807, 2.05) is 6.92 Å². The van der Waals surface area contributed by atoms with Gasteiger partial charge in [-0.3, -0.25) is 0 Å². The highest BCUT2D eigenvalue weighted by molar-refractivity contribution is 4.86. The van der Waals surface area contributed by atoms with Gasteiger partial charge in [0.25, 0.3) is 0 Å². The lowest BCUT2D eigenvalue weighted by Gasteiger charge is -2.36. The molecule has 0 rings (SSSR count). The molecule has 0 amide bonds. The summed E-state index contributed by atoms with van der Waals surface area (Å²) in [6, 6.07) is 0. The van der Waals surface area contributed by atoms with Gasteiger partial charge in [0.05, 0.1) is 11.7 Å². The van der Waals surface area contributed by atoms with E-state index in [1.54, 1.807) is 6.92 Å². The molecule has 0 saturated heterocycles. The Hall–Kier alpha value is -0.160. The van der Waals surface area contributed by atoms with Crippen molar-refractivity contribution in [2.24, 2.45) is 5.92 Å². The van der Waals surface area contributed by atoms with Crippen LogP contribution in [0.3, 0.4) is 0 Å². The Morgan fingerprint density at radius 1 is 1.19 bits per heavy atom. The first-order chi connectivity index (χ1) is 7.50. The van der Waals surface area contributed by atoms with Crippen LogP contribution in [-0.4, -0.2) is 45.3 Å². The number of hydrogen-bond donors (Lipinski definition) is 4. The van der Waals surface area contributed by atoms with E-state index < -0.39 is 11.7 Å². The molecular formula is C12H26O4. The summed E-state index contributed by atoms with van der Waals surface area (Å²) in [5.74, 6) is -0.117.